The van der Waals surface area contributed by atoms with Crippen LogP contribution >= 0.6 is 24.0 Å². The number of alkyl halides is 3. The van der Waals surface area contributed by atoms with E-state index >= 15 is 0 Å². The summed E-state index contributed by atoms with van der Waals surface area (Å²) in [6.45, 7) is 2.62. The molecular formula is C15H29F3IN5O2S. The lowest BCUT2D eigenvalue weighted by molar-refractivity contribution is -0.0494. The summed E-state index contributed by atoms with van der Waals surface area (Å²) < 4.78 is 61.2. The van der Waals surface area contributed by atoms with Crippen molar-refractivity contribution < 1.29 is 21.6 Å². The van der Waals surface area contributed by atoms with Crippen LogP contribution in [0.5, 0.6) is 0 Å². The third-order valence-corrected chi connectivity index (χ3v) is 6.56. The highest BCUT2D eigenvalue weighted by Gasteiger charge is 2.50. The molecule has 12 heteroatoms. The monoisotopic (exact) mass is 527 g/mol. The average molecular weight is 527 g/mol. The Hall–Kier alpha value is -0.340. The first-order chi connectivity index (χ1) is 12.1. The molecule has 0 saturated carbocycles. The Morgan fingerprint density at radius 2 is 1.81 bits per heavy atom. The van der Waals surface area contributed by atoms with Crippen molar-refractivity contribution in [1.82, 2.24) is 19.8 Å². The molecule has 0 amide bonds. The molecule has 27 heavy (non-hydrogen) atoms. The van der Waals surface area contributed by atoms with Crippen LogP contribution in [0.2, 0.25) is 0 Å². The van der Waals surface area contributed by atoms with Crippen LogP contribution in [0.3, 0.4) is 0 Å². The maximum absolute atomic E-state index is 12.6. The van der Waals surface area contributed by atoms with E-state index in [0.717, 1.165) is 26.1 Å². The van der Waals surface area contributed by atoms with Crippen molar-refractivity contribution >= 4 is 40.0 Å². The van der Waals surface area contributed by atoms with E-state index in [1.807, 2.05) is 0 Å². The number of hydrogen-bond donors (Lipinski definition) is 2. The Kier molecular flexibility index (Phi) is 9.55. The van der Waals surface area contributed by atoms with Gasteiger partial charge in [-0.1, -0.05) is 0 Å². The van der Waals surface area contributed by atoms with Gasteiger partial charge in [0, 0.05) is 39.3 Å². The topological polar surface area (TPSA) is 77.0 Å². The summed E-state index contributed by atoms with van der Waals surface area (Å²) in [6, 6.07) is -0.102. The molecule has 2 aliphatic heterocycles. The van der Waals surface area contributed by atoms with Crippen molar-refractivity contribution in [3.05, 3.63) is 0 Å². The molecule has 2 aliphatic rings. The van der Waals surface area contributed by atoms with Crippen LogP contribution in [0.1, 0.15) is 25.7 Å². The summed E-state index contributed by atoms with van der Waals surface area (Å²) in [5.41, 5.74) is -5.24. The number of guanidine groups is 1. The average Bonchev–Trinajstić information content (AvgIpc) is 2.58. The standard InChI is InChI=1S/C15H28F3N5O2S.HI/c1-19-14(20-10-12-4-3-7-22(2)11-12)21-13-5-8-23(9-6-13)26(24,25)15(16,17)18;/h12-13H,3-11H2,1-2H3,(H2,19,20,21);1H. The zero-order valence-electron chi connectivity index (χ0n) is 15.6. The highest BCUT2D eigenvalue weighted by molar-refractivity contribution is 14.0. The van der Waals surface area contributed by atoms with E-state index in [2.05, 4.69) is 27.6 Å². The van der Waals surface area contributed by atoms with Gasteiger partial charge in [0.1, 0.15) is 0 Å². The number of nitrogens with one attached hydrogen (secondary N) is 2. The van der Waals surface area contributed by atoms with E-state index in [0.29, 0.717) is 29.0 Å². The maximum atomic E-state index is 12.6. The molecule has 0 aromatic carbocycles. The highest BCUT2D eigenvalue weighted by atomic mass is 127. The van der Waals surface area contributed by atoms with Crippen LogP contribution in [-0.2, 0) is 10.0 Å². The largest absolute Gasteiger partial charge is 0.511 e. The van der Waals surface area contributed by atoms with Crippen molar-refractivity contribution in [2.24, 2.45) is 10.9 Å². The van der Waals surface area contributed by atoms with Gasteiger partial charge in [0.2, 0.25) is 0 Å². The van der Waals surface area contributed by atoms with Gasteiger partial charge < -0.3 is 15.5 Å². The third-order valence-electron chi connectivity index (χ3n) is 4.93. The first kappa shape index (κ1) is 24.7. The van der Waals surface area contributed by atoms with Gasteiger partial charge in [0.05, 0.1) is 0 Å². The van der Waals surface area contributed by atoms with Crippen LogP contribution in [-0.4, -0.2) is 82.0 Å². The molecule has 0 aromatic rings. The smallest absolute Gasteiger partial charge is 0.356 e. The summed E-state index contributed by atoms with van der Waals surface area (Å²) in [5, 5.41) is 6.46. The fourth-order valence-corrected chi connectivity index (χ4v) is 4.44. The summed E-state index contributed by atoms with van der Waals surface area (Å²) in [5.74, 6) is 1.14. The van der Waals surface area contributed by atoms with Gasteiger partial charge in [0.15, 0.2) is 5.96 Å². The SMILES string of the molecule is CN=C(NCC1CCCN(C)C1)NC1CCN(S(=O)(=O)C(F)(F)F)CC1.I. The van der Waals surface area contributed by atoms with Gasteiger partial charge in [-0.05, 0) is 45.2 Å². The van der Waals surface area contributed by atoms with Gasteiger partial charge in [-0.25, -0.2) is 8.42 Å². The van der Waals surface area contributed by atoms with E-state index < -0.39 is 15.5 Å². The summed E-state index contributed by atoms with van der Waals surface area (Å²) in [4.78, 5) is 6.46. The first-order valence-corrected chi connectivity index (χ1v) is 10.3. The molecular weight excluding hydrogens is 498 g/mol. The second-order valence-corrected chi connectivity index (χ2v) is 8.92. The van der Waals surface area contributed by atoms with E-state index in [9.17, 15) is 21.6 Å². The first-order valence-electron chi connectivity index (χ1n) is 8.85. The summed E-state index contributed by atoms with van der Waals surface area (Å²) in [6.07, 6.45) is 2.94. The Morgan fingerprint density at radius 3 is 2.33 bits per heavy atom. The van der Waals surface area contributed by atoms with Gasteiger partial charge in [-0.15, -0.1) is 24.0 Å². The molecule has 0 bridgehead atoms. The molecule has 0 aliphatic carbocycles. The Labute approximate surface area is 176 Å². The third kappa shape index (κ3) is 6.89. The molecule has 2 saturated heterocycles. The Bertz CT molecular complexity index is 595. The molecule has 1 atom stereocenters. The lowest BCUT2D eigenvalue weighted by Crippen LogP contribution is -2.52. The number of piperidine rings is 2. The summed E-state index contributed by atoms with van der Waals surface area (Å²) >= 11 is 0. The second kappa shape index (κ2) is 10.4. The van der Waals surface area contributed by atoms with Crippen LogP contribution in [0.4, 0.5) is 13.2 Å². The zero-order chi connectivity index (χ0) is 19.4. The fourth-order valence-electron chi connectivity index (χ4n) is 3.46. The van der Waals surface area contributed by atoms with Gasteiger partial charge in [0.25, 0.3) is 0 Å². The molecule has 2 heterocycles. The van der Waals surface area contributed by atoms with Crippen molar-refractivity contribution in [2.45, 2.75) is 37.2 Å². The predicted molar refractivity (Wildman–Crippen MR) is 110 cm³/mol. The minimum absolute atomic E-state index is 0. The van der Waals surface area contributed by atoms with E-state index in [1.54, 1.807) is 7.05 Å². The second-order valence-electron chi connectivity index (χ2n) is 6.99. The molecule has 0 aromatic heterocycles. The van der Waals surface area contributed by atoms with Gasteiger partial charge in [-0.2, -0.15) is 17.5 Å². The molecule has 2 fully saturated rings. The van der Waals surface area contributed by atoms with Crippen LogP contribution in [0, 0.1) is 5.92 Å². The van der Waals surface area contributed by atoms with Crippen LogP contribution in [0.15, 0.2) is 4.99 Å². The zero-order valence-corrected chi connectivity index (χ0v) is 18.8. The lowest BCUT2D eigenvalue weighted by Gasteiger charge is -2.33. The molecule has 7 nitrogen and oxygen atoms in total. The van der Waals surface area contributed by atoms with Crippen LogP contribution in [0.25, 0.3) is 0 Å². The number of aliphatic imine (C=N–C) groups is 1. The number of likely N-dealkylation sites (tertiary alicyclic amines) is 1. The molecule has 2 rings (SSSR count). The summed E-state index contributed by atoms with van der Waals surface area (Å²) in [7, 11) is -1.49. The van der Waals surface area contributed by atoms with E-state index in [1.165, 1.54) is 6.42 Å². The normalized spacial score (nSPS) is 24.3. The van der Waals surface area contributed by atoms with Gasteiger partial charge >= 0.3 is 15.5 Å². The van der Waals surface area contributed by atoms with Crippen LogP contribution < -0.4 is 10.6 Å². The number of nitrogens with zero attached hydrogens (tertiary/aromatic N) is 3. The minimum atomic E-state index is -5.24. The van der Waals surface area contributed by atoms with Crippen molar-refractivity contribution in [3.8, 4) is 0 Å². The van der Waals surface area contributed by atoms with Crippen molar-refractivity contribution in [1.29, 1.82) is 0 Å². The van der Waals surface area contributed by atoms with Crippen molar-refractivity contribution in [3.63, 3.8) is 0 Å². The number of rotatable bonds is 4. The lowest BCUT2D eigenvalue weighted by atomic mass is 9.98. The number of hydrogen-bond acceptors (Lipinski definition) is 4. The number of sulfonamides is 1. The fraction of sp³-hybridized carbons (Fsp3) is 0.933. The van der Waals surface area contributed by atoms with Crippen molar-refractivity contribution in [2.75, 3.05) is 46.8 Å². The maximum Gasteiger partial charge on any atom is 0.511 e. The quantitative estimate of drug-likeness (QED) is 0.329. The predicted octanol–water partition coefficient (Wildman–Crippen LogP) is 1.43. The molecule has 2 N–H and O–H groups in total. The Morgan fingerprint density at radius 1 is 1.19 bits per heavy atom. The molecule has 160 valence electrons. The molecule has 0 spiro atoms. The highest BCUT2D eigenvalue weighted by Crippen LogP contribution is 2.28. The molecule has 0 radical (unpaired) electrons. The minimum Gasteiger partial charge on any atom is -0.356 e. The van der Waals surface area contributed by atoms with Gasteiger partial charge in [-0.3, -0.25) is 4.99 Å². The van der Waals surface area contributed by atoms with E-state index in [4.69, 9.17) is 0 Å². The van der Waals surface area contributed by atoms with E-state index in [-0.39, 0.29) is 43.1 Å². The number of halogens is 4. The Balaban J connectivity index is 0.00000364. The molecule has 1 unspecified atom stereocenters.